The van der Waals surface area contributed by atoms with Crippen LogP contribution < -0.4 is 5.32 Å². The molecule has 1 saturated heterocycles. The number of aliphatic carboxylic acids is 1. The first kappa shape index (κ1) is 15.4. The van der Waals surface area contributed by atoms with E-state index in [2.05, 4.69) is 10.2 Å². The van der Waals surface area contributed by atoms with Gasteiger partial charge in [0.25, 0.3) is 0 Å². The second-order valence-corrected chi connectivity index (χ2v) is 5.03. The molecule has 1 fully saturated rings. The summed E-state index contributed by atoms with van der Waals surface area (Å²) in [6, 6.07) is -0.433. The van der Waals surface area contributed by atoms with E-state index >= 15 is 0 Å². The van der Waals surface area contributed by atoms with Crippen LogP contribution in [0.1, 0.15) is 32.6 Å². The molecule has 106 valence electrons. The lowest BCUT2D eigenvalue weighted by Crippen LogP contribution is -2.40. The Morgan fingerprint density at radius 2 is 2.39 bits per heavy atom. The van der Waals surface area contributed by atoms with Gasteiger partial charge in [-0.15, -0.1) is 0 Å². The lowest BCUT2D eigenvalue weighted by molar-refractivity contribution is -0.139. The zero-order valence-electron chi connectivity index (χ0n) is 11.5. The van der Waals surface area contributed by atoms with Gasteiger partial charge in [0.1, 0.15) is 6.04 Å². The Bertz CT molecular complexity index is 242. The summed E-state index contributed by atoms with van der Waals surface area (Å²) >= 11 is 0. The van der Waals surface area contributed by atoms with E-state index in [1.165, 1.54) is 0 Å². The number of nitrogens with zero attached hydrogens (tertiary/aromatic N) is 1. The van der Waals surface area contributed by atoms with Gasteiger partial charge in [0.15, 0.2) is 0 Å². The molecule has 0 amide bonds. The van der Waals surface area contributed by atoms with Crippen LogP contribution in [0.2, 0.25) is 0 Å². The van der Waals surface area contributed by atoms with Crippen LogP contribution in [0.5, 0.6) is 0 Å². The van der Waals surface area contributed by atoms with Gasteiger partial charge < -0.3 is 20.1 Å². The highest BCUT2D eigenvalue weighted by atomic mass is 16.5. The maximum Gasteiger partial charge on any atom is 0.320 e. The van der Waals surface area contributed by atoms with Gasteiger partial charge in [-0.1, -0.05) is 6.92 Å². The first-order chi connectivity index (χ1) is 8.63. The number of carbonyl (C=O) groups is 1. The molecule has 0 aliphatic carbocycles. The van der Waals surface area contributed by atoms with Gasteiger partial charge in [0.2, 0.25) is 0 Å². The molecule has 2 unspecified atom stereocenters. The molecule has 5 heteroatoms. The molecule has 1 aliphatic rings. The Kier molecular flexibility index (Phi) is 7.23. The molecular formula is C13H26N2O3. The van der Waals surface area contributed by atoms with Gasteiger partial charge in [-0.25, -0.2) is 0 Å². The summed E-state index contributed by atoms with van der Waals surface area (Å²) < 4.78 is 5.57. The monoisotopic (exact) mass is 258 g/mol. The summed E-state index contributed by atoms with van der Waals surface area (Å²) in [5.74, 6) is -0.756. The van der Waals surface area contributed by atoms with Gasteiger partial charge in [0, 0.05) is 13.2 Å². The van der Waals surface area contributed by atoms with Crippen LogP contribution in [0.4, 0.5) is 0 Å². The smallest absolute Gasteiger partial charge is 0.320 e. The highest BCUT2D eigenvalue weighted by molar-refractivity contribution is 5.73. The lowest BCUT2D eigenvalue weighted by atomic mass is 10.2. The van der Waals surface area contributed by atoms with E-state index in [9.17, 15) is 4.79 Å². The van der Waals surface area contributed by atoms with Crippen molar-refractivity contribution in [2.24, 2.45) is 0 Å². The van der Waals surface area contributed by atoms with Crippen molar-refractivity contribution in [3.05, 3.63) is 0 Å². The molecule has 0 saturated carbocycles. The van der Waals surface area contributed by atoms with Gasteiger partial charge >= 0.3 is 5.97 Å². The minimum atomic E-state index is -0.756. The highest BCUT2D eigenvalue weighted by Crippen LogP contribution is 2.12. The molecule has 1 heterocycles. The maximum absolute atomic E-state index is 11.1. The second kappa shape index (κ2) is 8.45. The lowest BCUT2D eigenvalue weighted by Gasteiger charge is -2.22. The summed E-state index contributed by atoms with van der Waals surface area (Å²) in [5, 5.41) is 12.2. The van der Waals surface area contributed by atoms with Crippen molar-refractivity contribution < 1.29 is 14.6 Å². The average molecular weight is 258 g/mol. The van der Waals surface area contributed by atoms with Crippen LogP contribution in [0.15, 0.2) is 0 Å². The number of hydrogen-bond acceptors (Lipinski definition) is 4. The van der Waals surface area contributed by atoms with Crippen LogP contribution in [-0.2, 0) is 9.53 Å². The third kappa shape index (κ3) is 5.80. The van der Waals surface area contributed by atoms with E-state index in [1.807, 2.05) is 14.0 Å². The SMILES string of the molecule is CCCNC(CCN(C)CC1CCCO1)C(=O)O. The van der Waals surface area contributed by atoms with Gasteiger partial charge in [-0.2, -0.15) is 0 Å². The first-order valence-corrected chi connectivity index (χ1v) is 6.89. The van der Waals surface area contributed by atoms with Gasteiger partial charge in [0.05, 0.1) is 6.10 Å². The van der Waals surface area contributed by atoms with E-state index < -0.39 is 12.0 Å². The minimum Gasteiger partial charge on any atom is -0.480 e. The summed E-state index contributed by atoms with van der Waals surface area (Å²) in [6.45, 7) is 5.35. The third-order valence-corrected chi connectivity index (χ3v) is 3.28. The molecule has 0 aromatic heterocycles. The summed E-state index contributed by atoms with van der Waals surface area (Å²) in [7, 11) is 2.03. The third-order valence-electron chi connectivity index (χ3n) is 3.28. The number of ether oxygens (including phenoxy) is 1. The van der Waals surface area contributed by atoms with Crippen LogP contribution >= 0.6 is 0 Å². The van der Waals surface area contributed by atoms with Crippen molar-refractivity contribution in [2.75, 3.05) is 33.3 Å². The predicted molar refractivity (Wildman–Crippen MR) is 70.8 cm³/mol. The molecule has 0 spiro atoms. The molecule has 0 bridgehead atoms. The van der Waals surface area contributed by atoms with Gasteiger partial charge in [-0.05, 0) is 45.8 Å². The van der Waals surface area contributed by atoms with E-state index in [1.54, 1.807) is 0 Å². The molecule has 5 nitrogen and oxygen atoms in total. The predicted octanol–water partition coefficient (Wildman–Crippen LogP) is 0.940. The number of nitrogens with one attached hydrogen (secondary N) is 1. The van der Waals surface area contributed by atoms with E-state index in [0.29, 0.717) is 12.5 Å². The second-order valence-electron chi connectivity index (χ2n) is 5.03. The quantitative estimate of drug-likeness (QED) is 0.644. The van der Waals surface area contributed by atoms with E-state index in [-0.39, 0.29) is 0 Å². The number of carboxylic acids is 1. The topological polar surface area (TPSA) is 61.8 Å². The first-order valence-electron chi connectivity index (χ1n) is 6.89. The molecule has 1 aliphatic heterocycles. The van der Waals surface area contributed by atoms with Crippen LogP contribution in [0.3, 0.4) is 0 Å². The molecule has 0 radical (unpaired) electrons. The Balaban J connectivity index is 2.20. The summed E-state index contributed by atoms with van der Waals surface area (Å²) in [5.41, 5.74) is 0. The zero-order chi connectivity index (χ0) is 13.4. The maximum atomic E-state index is 11.1. The van der Waals surface area contributed by atoms with Crippen LogP contribution in [0.25, 0.3) is 0 Å². The van der Waals surface area contributed by atoms with Gasteiger partial charge in [-0.3, -0.25) is 4.79 Å². The number of likely N-dealkylation sites (N-methyl/N-ethyl adjacent to an activating group) is 1. The average Bonchev–Trinajstić information content (AvgIpc) is 2.81. The number of hydrogen-bond donors (Lipinski definition) is 2. The summed E-state index contributed by atoms with van der Waals surface area (Å²) in [4.78, 5) is 13.2. The fourth-order valence-electron chi connectivity index (χ4n) is 2.21. The van der Waals surface area contributed by atoms with Crippen molar-refractivity contribution in [2.45, 2.75) is 44.8 Å². The van der Waals surface area contributed by atoms with Crippen molar-refractivity contribution in [1.82, 2.24) is 10.2 Å². The Morgan fingerprint density at radius 3 is 2.94 bits per heavy atom. The minimum absolute atomic E-state index is 0.335. The summed E-state index contributed by atoms with van der Waals surface area (Å²) in [6.07, 6.45) is 4.20. The van der Waals surface area contributed by atoms with Crippen molar-refractivity contribution in [1.29, 1.82) is 0 Å². The van der Waals surface area contributed by atoms with Crippen molar-refractivity contribution >= 4 is 5.97 Å². The fraction of sp³-hybridized carbons (Fsp3) is 0.923. The van der Waals surface area contributed by atoms with E-state index in [0.717, 1.165) is 45.5 Å². The van der Waals surface area contributed by atoms with Crippen molar-refractivity contribution in [3.63, 3.8) is 0 Å². The normalized spacial score (nSPS) is 21.4. The molecular weight excluding hydrogens is 232 g/mol. The van der Waals surface area contributed by atoms with Crippen LogP contribution in [0, 0.1) is 0 Å². The number of carboxylic acid groups (broad SMARTS) is 1. The molecule has 2 N–H and O–H groups in total. The largest absolute Gasteiger partial charge is 0.480 e. The van der Waals surface area contributed by atoms with Crippen LogP contribution in [-0.4, -0.2) is 61.4 Å². The molecule has 0 aromatic carbocycles. The molecule has 0 aromatic rings. The fourth-order valence-corrected chi connectivity index (χ4v) is 2.21. The standard InChI is InChI=1S/C13H26N2O3/c1-3-7-14-12(13(16)17)6-8-15(2)10-11-5-4-9-18-11/h11-12,14H,3-10H2,1-2H3,(H,16,17). The van der Waals surface area contributed by atoms with Crippen molar-refractivity contribution in [3.8, 4) is 0 Å². The highest BCUT2D eigenvalue weighted by Gasteiger charge is 2.20. The molecule has 1 rings (SSSR count). The molecule has 18 heavy (non-hydrogen) atoms. The Hall–Kier alpha value is -0.650. The van der Waals surface area contributed by atoms with E-state index in [4.69, 9.17) is 9.84 Å². The Morgan fingerprint density at radius 1 is 1.61 bits per heavy atom. The Labute approximate surface area is 109 Å². The zero-order valence-corrected chi connectivity index (χ0v) is 11.5. The molecule has 2 atom stereocenters. The number of rotatable bonds is 9.